The van der Waals surface area contributed by atoms with Gasteiger partial charge in [-0.2, -0.15) is 0 Å². The number of aliphatic hydroxyl groups excluding tert-OH is 1. The second kappa shape index (κ2) is 7.47. The van der Waals surface area contributed by atoms with Gasteiger partial charge >= 0.3 is 0 Å². The molecule has 1 aromatic heterocycles. The maximum atomic E-state index is 13.1. The van der Waals surface area contributed by atoms with Crippen molar-refractivity contribution >= 4 is 17.4 Å². The molecule has 0 saturated carbocycles. The Morgan fingerprint density at radius 1 is 1.10 bits per heavy atom. The van der Waals surface area contributed by atoms with Gasteiger partial charge in [-0.3, -0.25) is 9.59 Å². The lowest BCUT2D eigenvalue weighted by Crippen LogP contribution is -2.29. The number of aliphatic hydroxyl groups is 1. The number of Topliss-reactive ketones (excluding diaryl/α,β-unsaturated/α-hetero) is 1. The SMILES string of the molecule is CC1Cc2cc(C(O)=C3C(=O)C(=O)N(Cc4ccco4)C3c3ccccc3)ccc2O1. The van der Waals surface area contributed by atoms with E-state index < -0.39 is 17.7 Å². The molecular formula is C25H21NO5. The van der Waals surface area contributed by atoms with Crippen molar-refractivity contribution in [2.45, 2.75) is 32.0 Å². The van der Waals surface area contributed by atoms with Crippen LogP contribution in [-0.4, -0.2) is 27.8 Å². The number of ether oxygens (including phenoxy) is 1. The van der Waals surface area contributed by atoms with Gasteiger partial charge in [0.25, 0.3) is 11.7 Å². The zero-order valence-electron chi connectivity index (χ0n) is 16.9. The molecule has 1 amide bonds. The van der Waals surface area contributed by atoms with Gasteiger partial charge in [0.1, 0.15) is 23.4 Å². The summed E-state index contributed by atoms with van der Waals surface area (Å²) in [6.45, 7) is 2.11. The van der Waals surface area contributed by atoms with Crippen LogP contribution in [0.25, 0.3) is 5.76 Å². The van der Waals surface area contributed by atoms with Gasteiger partial charge in [0.15, 0.2) is 0 Å². The predicted octanol–water partition coefficient (Wildman–Crippen LogP) is 4.22. The zero-order chi connectivity index (χ0) is 21.5. The van der Waals surface area contributed by atoms with Gasteiger partial charge in [-0.25, -0.2) is 0 Å². The fourth-order valence-electron chi connectivity index (χ4n) is 4.32. The smallest absolute Gasteiger partial charge is 0.296 e. The molecule has 0 aliphatic carbocycles. The third kappa shape index (κ3) is 3.30. The lowest BCUT2D eigenvalue weighted by atomic mass is 9.94. The van der Waals surface area contributed by atoms with Gasteiger partial charge < -0.3 is 19.2 Å². The summed E-state index contributed by atoms with van der Waals surface area (Å²) in [5, 5.41) is 11.2. The largest absolute Gasteiger partial charge is 0.507 e. The maximum Gasteiger partial charge on any atom is 0.296 e. The maximum absolute atomic E-state index is 13.1. The third-order valence-corrected chi connectivity index (χ3v) is 5.73. The van der Waals surface area contributed by atoms with Crippen molar-refractivity contribution in [3.8, 4) is 5.75 Å². The van der Waals surface area contributed by atoms with Crippen LogP contribution in [0.1, 0.15) is 35.4 Å². The van der Waals surface area contributed by atoms with Crippen LogP contribution in [0.15, 0.2) is 76.9 Å². The number of amides is 1. The van der Waals surface area contributed by atoms with E-state index in [4.69, 9.17) is 9.15 Å². The van der Waals surface area contributed by atoms with E-state index in [1.807, 2.05) is 43.3 Å². The summed E-state index contributed by atoms with van der Waals surface area (Å²) in [4.78, 5) is 27.5. The molecule has 2 unspecified atom stereocenters. The molecule has 2 aromatic carbocycles. The molecule has 2 aliphatic heterocycles. The van der Waals surface area contributed by atoms with Crippen molar-refractivity contribution in [1.82, 2.24) is 4.90 Å². The first kappa shape index (κ1) is 19.2. The monoisotopic (exact) mass is 415 g/mol. The van der Waals surface area contributed by atoms with E-state index in [0.717, 1.165) is 23.3 Å². The average molecular weight is 415 g/mol. The Morgan fingerprint density at radius 3 is 2.65 bits per heavy atom. The summed E-state index contributed by atoms with van der Waals surface area (Å²) in [7, 11) is 0. The summed E-state index contributed by atoms with van der Waals surface area (Å²) in [5.41, 5.74) is 2.29. The molecule has 5 rings (SSSR count). The molecule has 3 aromatic rings. The molecule has 1 fully saturated rings. The molecule has 2 aliphatic rings. The van der Waals surface area contributed by atoms with E-state index >= 15 is 0 Å². The highest BCUT2D eigenvalue weighted by Crippen LogP contribution is 2.41. The fourth-order valence-corrected chi connectivity index (χ4v) is 4.32. The number of benzene rings is 2. The van der Waals surface area contributed by atoms with Crippen LogP contribution in [0.2, 0.25) is 0 Å². The Kier molecular flexibility index (Phi) is 4.62. The molecule has 0 bridgehead atoms. The number of carbonyl (C=O) groups excluding carboxylic acids is 2. The van der Waals surface area contributed by atoms with E-state index in [-0.39, 0.29) is 24.0 Å². The molecule has 0 radical (unpaired) electrons. The van der Waals surface area contributed by atoms with Crippen molar-refractivity contribution in [2.24, 2.45) is 0 Å². The number of fused-ring (bicyclic) bond motifs is 1. The molecule has 0 spiro atoms. The first-order chi connectivity index (χ1) is 15.0. The minimum Gasteiger partial charge on any atom is -0.507 e. The van der Waals surface area contributed by atoms with Crippen LogP contribution in [0.4, 0.5) is 0 Å². The van der Waals surface area contributed by atoms with Gasteiger partial charge in [-0.15, -0.1) is 0 Å². The summed E-state index contributed by atoms with van der Waals surface area (Å²) >= 11 is 0. The van der Waals surface area contributed by atoms with Crippen LogP contribution in [-0.2, 0) is 22.6 Å². The Balaban J connectivity index is 1.62. The second-order valence-corrected chi connectivity index (χ2v) is 7.87. The molecule has 3 heterocycles. The van der Waals surface area contributed by atoms with Crippen LogP contribution in [0.5, 0.6) is 5.75 Å². The lowest BCUT2D eigenvalue weighted by molar-refractivity contribution is -0.140. The van der Waals surface area contributed by atoms with Crippen molar-refractivity contribution in [1.29, 1.82) is 0 Å². The zero-order valence-corrected chi connectivity index (χ0v) is 16.9. The van der Waals surface area contributed by atoms with Crippen molar-refractivity contribution in [3.63, 3.8) is 0 Å². The first-order valence-electron chi connectivity index (χ1n) is 10.2. The minimum absolute atomic E-state index is 0.0654. The summed E-state index contributed by atoms with van der Waals surface area (Å²) in [5.74, 6) is -0.210. The molecule has 1 saturated heterocycles. The van der Waals surface area contributed by atoms with Crippen LogP contribution in [0, 0.1) is 0 Å². The third-order valence-electron chi connectivity index (χ3n) is 5.73. The van der Waals surface area contributed by atoms with Gasteiger partial charge in [-0.05, 0) is 48.4 Å². The molecule has 156 valence electrons. The number of ketones is 1. The van der Waals surface area contributed by atoms with Crippen LogP contribution in [0.3, 0.4) is 0 Å². The van der Waals surface area contributed by atoms with E-state index in [2.05, 4.69) is 0 Å². The van der Waals surface area contributed by atoms with Crippen molar-refractivity contribution in [3.05, 3.63) is 95.0 Å². The number of hydrogen-bond donors (Lipinski definition) is 1. The predicted molar refractivity (Wildman–Crippen MR) is 113 cm³/mol. The highest BCUT2D eigenvalue weighted by Gasteiger charge is 2.46. The number of carbonyl (C=O) groups is 2. The van der Waals surface area contributed by atoms with Gasteiger partial charge in [-0.1, -0.05) is 30.3 Å². The number of nitrogens with zero attached hydrogens (tertiary/aromatic N) is 1. The number of hydrogen-bond acceptors (Lipinski definition) is 5. The number of likely N-dealkylation sites (tertiary alicyclic amines) is 1. The van der Waals surface area contributed by atoms with E-state index in [1.54, 1.807) is 24.3 Å². The average Bonchev–Trinajstić information content (AvgIpc) is 3.48. The van der Waals surface area contributed by atoms with E-state index in [9.17, 15) is 14.7 Å². The lowest BCUT2D eigenvalue weighted by Gasteiger charge is -2.24. The van der Waals surface area contributed by atoms with Gasteiger partial charge in [0, 0.05) is 12.0 Å². The molecule has 2 atom stereocenters. The number of furan rings is 1. The molecule has 1 N–H and O–H groups in total. The molecule has 6 heteroatoms. The van der Waals surface area contributed by atoms with Crippen LogP contribution >= 0.6 is 0 Å². The quantitative estimate of drug-likeness (QED) is 0.392. The Hall–Kier alpha value is -3.80. The molecule has 6 nitrogen and oxygen atoms in total. The van der Waals surface area contributed by atoms with E-state index in [0.29, 0.717) is 11.3 Å². The topological polar surface area (TPSA) is 80.0 Å². The second-order valence-electron chi connectivity index (χ2n) is 7.87. The highest BCUT2D eigenvalue weighted by atomic mass is 16.5. The summed E-state index contributed by atoms with van der Waals surface area (Å²) in [6, 6.07) is 17.4. The van der Waals surface area contributed by atoms with Crippen molar-refractivity contribution < 1.29 is 23.8 Å². The van der Waals surface area contributed by atoms with E-state index in [1.165, 1.54) is 11.2 Å². The molecule has 31 heavy (non-hydrogen) atoms. The van der Waals surface area contributed by atoms with Crippen LogP contribution < -0.4 is 4.74 Å². The highest BCUT2D eigenvalue weighted by molar-refractivity contribution is 6.46. The van der Waals surface area contributed by atoms with Crippen molar-refractivity contribution in [2.75, 3.05) is 0 Å². The normalized spacial score (nSPS) is 21.9. The minimum atomic E-state index is -0.713. The first-order valence-corrected chi connectivity index (χ1v) is 10.2. The molecular weight excluding hydrogens is 394 g/mol. The standard InChI is InChI=1S/C25H21NO5/c1-15-12-18-13-17(9-10-20(18)31-15)23(27)21-22(16-6-3-2-4-7-16)26(25(29)24(21)28)14-19-8-5-11-30-19/h2-11,13,15,22,27H,12,14H2,1H3. The Bertz CT molecular complexity index is 1180. The summed E-state index contributed by atoms with van der Waals surface area (Å²) < 4.78 is 11.1. The summed E-state index contributed by atoms with van der Waals surface area (Å²) in [6.07, 6.45) is 2.32. The van der Waals surface area contributed by atoms with Gasteiger partial charge in [0.05, 0.1) is 24.4 Å². The Labute approximate surface area is 179 Å². The number of rotatable bonds is 4. The fraction of sp³-hybridized carbons (Fsp3) is 0.200. The Morgan fingerprint density at radius 2 is 1.90 bits per heavy atom. The van der Waals surface area contributed by atoms with Gasteiger partial charge in [0.2, 0.25) is 0 Å².